The minimum atomic E-state index is -0.852. The van der Waals surface area contributed by atoms with E-state index in [0.717, 1.165) is 82.2 Å². The zero-order valence-electron chi connectivity index (χ0n) is 38.7. The number of aromatic carboxylic acids is 1. The molecule has 6 fully saturated rings. The summed E-state index contributed by atoms with van der Waals surface area (Å²) in [6.07, 6.45) is 45.3. The second-order valence-electron chi connectivity index (χ2n) is 19.3. The van der Waals surface area contributed by atoms with Crippen molar-refractivity contribution in [3.63, 3.8) is 0 Å². The van der Waals surface area contributed by atoms with Crippen LogP contribution < -0.4 is 5.32 Å². The van der Waals surface area contributed by atoms with Crippen LogP contribution in [-0.2, 0) is 4.79 Å². The summed E-state index contributed by atoms with van der Waals surface area (Å²) in [5.74, 6) is 3.85. The molecule has 2 N–H and O–H groups in total. The Hall–Kier alpha value is -3.76. The molecule has 1 heterocycles. The number of hydrogen-bond acceptors (Lipinski definition) is 4. The van der Waals surface area contributed by atoms with E-state index in [-0.39, 0.29) is 5.41 Å². The molecule has 0 radical (unpaired) electrons. The van der Waals surface area contributed by atoms with Gasteiger partial charge in [-0.05, 0) is 147 Å². The number of hydrogen-bond donors (Lipinski definition) is 2. The van der Waals surface area contributed by atoms with Gasteiger partial charge in [-0.2, -0.15) is 0 Å². The van der Waals surface area contributed by atoms with Crippen LogP contribution in [-0.4, -0.2) is 71.6 Å². The predicted octanol–water partition coefficient (Wildman–Crippen LogP) is 11.1. The largest absolute Gasteiger partial charge is 0.478 e. The Morgan fingerprint density at radius 3 is 1.97 bits per heavy atom. The fraction of sp³-hybridized carbons (Fsp3) is 0.667. The third-order valence-electron chi connectivity index (χ3n) is 16.6. The molecule has 1 aliphatic heterocycles. The van der Waals surface area contributed by atoms with Gasteiger partial charge in [-0.3, -0.25) is 9.69 Å². The summed E-state index contributed by atoms with van der Waals surface area (Å²) in [6, 6.07) is 7.65. The van der Waals surface area contributed by atoms with Gasteiger partial charge in [-0.1, -0.05) is 78.7 Å². The molecule has 1 aromatic rings. The van der Waals surface area contributed by atoms with E-state index in [9.17, 15) is 14.7 Å². The average Bonchev–Trinajstić information content (AvgIpc) is 3.68. The van der Waals surface area contributed by atoms with E-state index in [1.54, 1.807) is 18.2 Å². The summed E-state index contributed by atoms with van der Waals surface area (Å²) < 4.78 is 0. The van der Waals surface area contributed by atoms with E-state index in [1.807, 2.05) is 32.9 Å². The number of terminal acetylenes is 3. The molecule has 0 spiro atoms. The first kappa shape index (κ1) is 50.6. The van der Waals surface area contributed by atoms with E-state index >= 15 is 0 Å². The molecule has 60 heavy (non-hydrogen) atoms. The fourth-order valence-corrected chi connectivity index (χ4v) is 14.0. The normalized spacial score (nSPS) is 33.3. The third-order valence-corrected chi connectivity index (χ3v) is 16.6. The second kappa shape index (κ2) is 22.4. The summed E-state index contributed by atoms with van der Waals surface area (Å²) in [5, 5.41) is 13.7. The number of carboxylic acid groups (broad SMARTS) is 1. The molecule has 5 saturated carbocycles. The monoisotopic (exact) mass is 820 g/mol. The first-order chi connectivity index (χ1) is 28.9. The number of carbonyl (C=O) groups excluding carboxylic acids is 1. The zero-order valence-corrected chi connectivity index (χ0v) is 38.7. The van der Waals surface area contributed by atoms with Crippen LogP contribution in [0, 0.1) is 90.3 Å². The van der Waals surface area contributed by atoms with Crippen molar-refractivity contribution < 1.29 is 14.7 Å². The molecule has 4 unspecified atom stereocenters. The van der Waals surface area contributed by atoms with Crippen LogP contribution in [0.25, 0.3) is 5.57 Å². The van der Waals surface area contributed by atoms with Crippen LogP contribution in [0.3, 0.4) is 0 Å². The Morgan fingerprint density at radius 2 is 1.40 bits per heavy atom. The second-order valence-corrected chi connectivity index (χ2v) is 19.3. The van der Waals surface area contributed by atoms with Gasteiger partial charge in [0.2, 0.25) is 5.91 Å². The lowest BCUT2D eigenvalue weighted by atomic mass is 9.37. The van der Waals surface area contributed by atoms with Gasteiger partial charge in [0, 0.05) is 50.7 Å². The lowest BCUT2D eigenvalue weighted by Gasteiger charge is -2.68. The van der Waals surface area contributed by atoms with Gasteiger partial charge in [0.05, 0.1) is 5.56 Å². The molecular weight excluding hydrogens is 739 g/mol. The van der Waals surface area contributed by atoms with Crippen molar-refractivity contribution in [1.82, 2.24) is 15.1 Å². The van der Waals surface area contributed by atoms with Crippen molar-refractivity contribution in [3.05, 3.63) is 54.1 Å². The minimum Gasteiger partial charge on any atom is -0.478 e. The number of allylic oxidation sites excluding steroid dienone is 3. The molecule has 330 valence electrons. The number of nitrogens with one attached hydrogen (secondary N) is 1. The molecule has 8 rings (SSSR count). The highest BCUT2D eigenvalue weighted by Crippen LogP contribution is 2.72. The van der Waals surface area contributed by atoms with Gasteiger partial charge in [0.25, 0.3) is 0 Å². The molecule has 1 aromatic carbocycles. The van der Waals surface area contributed by atoms with Crippen molar-refractivity contribution in [2.75, 3.05) is 39.3 Å². The van der Waals surface area contributed by atoms with E-state index in [2.05, 4.69) is 94.0 Å². The topological polar surface area (TPSA) is 72.9 Å². The van der Waals surface area contributed by atoms with Crippen LogP contribution in [0.2, 0.25) is 0 Å². The molecule has 8 atom stereocenters. The van der Waals surface area contributed by atoms with E-state index in [4.69, 9.17) is 0 Å². The number of nitrogens with zero attached hydrogens (tertiary/aromatic N) is 2. The van der Waals surface area contributed by atoms with Crippen LogP contribution in [0.15, 0.2) is 43.0 Å². The highest BCUT2D eigenvalue weighted by Gasteiger charge is 2.65. The summed E-state index contributed by atoms with van der Waals surface area (Å²) in [6.45, 7) is 25.7. The predicted molar refractivity (Wildman–Crippen MR) is 253 cm³/mol. The SMILES string of the molecule is C#C.C#C.C#C.C=CC.CC.CC1(C)C(c2ccc(C(=O)O)cc2)=CC[C@@]2(C)C1CC[C@@]1(C)C3CC[C@@]4(NCCN5CCN(C(=O)C6CCC6)CC5)CCCC4[C@H]3CCC12. The standard InChI is InChI=1S/C43H63N3O3.C3H6.C2H6.3C2H2/c1-40(2)33(29-10-12-31(13-11-29)39(48)49)16-20-42(4)36(40)18-21-41(3)34-17-22-43(19-6-9-35(43)32(34)14-15-37(41)42)44-23-24-45-25-27-46(28-26-45)38(47)30-7-5-8-30;1-3-2;4*1-2/h10-13,16,30,32,34-37,44H,5-9,14-15,17-28H2,1-4H3,(H,48,49);3H,1H2,2H3;1-2H3;3*1-2H/t32-,34?,35?,36?,37?,41-,42-,43-;;;;;/m0...../s1. The number of piperazine rings is 1. The van der Waals surface area contributed by atoms with E-state index < -0.39 is 5.97 Å². The molecule has 0 aromatic heterocycles. The summed E-state index contributed by atoms with van der Waals surface area (Å²) in [7, 11) is 0. The van der Waals surface area contributed by atoms with Crippen LogP contribution in [0.1, 0.15) is 148 Å². The third kappa shape index (κ3) is 9.80. The Balaban J connectivity index is 0.000000805. The van der Waals surface area contributed by atoms with Gasteiger partial charge < -0.3 is 15.3 Å². The Kier molecular flexibility index (Phi) is 18.9. The molecule has 7 aliphatic rings. The van der Waals surface area contributed by atoms with Crippen LogP contribution in [0.5, 0.6) is 0 Å². The highest BCUT2D eigenvalue weighted by molar-refractivity contribution is 5.88. The number of fused-ring (bicyclic) bond motifs is 7. The maximum atomic E-state index is 12.7. The zero-order chi connectivity index (χ0) is 44.9. The summed E-state index contributed by atoms with van der Waals surface area (Å²) >= 11 is 0. The highest BCUT2D eigenvalue weighted by atomic mass is 16.4. The lowest BCUT2D eigenvalue weighted by molar-refractivity contribution is -0.172. The first-order valence-electron chi connectivity index (χ1n) is 23.3. The maximum absolute atomic E-state index is 12.7. The lowest BCUT2D eigenvalue weighted by Crippen LogP contribution is -2.64. The molecule has 1 saturated heterocycles. The number of carboxylic acids is 1. The minimum absolute atomic E-state index is 0.0613. The molecular formula is C54H81N3O3. The van der Waals surface area contributed by atoms with E-state index in [1.165, 1.54) is 75.3 Å². The van der Waals surface area contributed by atoms with Crippen molar-refractivity contribution >= 4 is 17.4 Å². The number of amides is 1. The van der Waals surface area contributed by atoms with E-state index in [0.29, 0.717) is 39.7 Å². The fourth-order valence-electron chi connectivity index (χ4n) is 14.0. The molecule has 6 aliphatic carbocycles. The Labute approximate surface area is 367 Å². The summed E-state index contributed by atoms with van der Waals surface area (Å²) in [4.78, 5) is 29.0. The van der Waals surface area contributed by atoms with Gasteiger partial charge >= 0.3 is 5.97 Å². The van der Waals surface area contributed by atoms with Crippen LogP contribution in [0.4, 0.5) is 0 Å². The van der Waals surface area contributed by atoms with Crippen molar-refractivity contribution in [2.24, 2.45) is 51.8 Å². The molecule has 0 bridgehead atoms. The van der Waals surface area contributed by atoms with Crippen LogP contribution >= 0.6 is 0 Å². The number of rotatable bonds is 7. The Morgan fingerprint density at radius 1 is 0.783 bits per heavy atom. The number of benzene rings is 1. The average molecular weight is 820 g/mol. The van der Waals surface area contributed by atoms with Gasteiger partial charge in [-0.25, -0.2) is 4.79 Å². The molecule has 6 heteroatoms. The van der Waals surface area contributed by atoms with Gasteiger partial charge in [-0.15, -0.1) is 45.1 Å². The van der Waals surface area contributed by atoms with Gasteiger partial charge in [0.15, 0.2) is 0 Å². The first-order valence-corrected chi connectivity index (χ1v) is 23.3. The number of carbonyl (C=O) groups is 2. The maximum Gasteiger partial charge on any atom is 0.335 e. The molecule has 6 nitrogen and oxygen atoms in total. The van der Waals surface area contributed by atoms with Crippen molar-refractivity contribution in [1.29, 1.82) is 0 Å². The van der Waals surface area contributed by atoms with Crippen molar-refractivity contribution in [2.45, 2.75) is 137 Å². The van der Waals surface area contributed by atoms with Gasteiger partial charge in [0.1, 0.15) is 0 Å². The quantitative estimate of drug-likeness (QED) is 0.212. The summed E-state index contributed by atoms with van der Waals surface area (Å²) in [5.41, 5.74) is 4.12. The smallest absolute Gasteiger partial charge is 0.335 e. The Bertz CT molecular complexity index is 1630. The molecule has 1 amide bonds. The van der Waals surface area contributed by atoms with Crippen molar-refractivity contribution in [3.8, 4) is 38.5 Å².